The van der Waals surface area contributed by atoms with Crippen LogP contribution < -0.4 is 5.32 Å². The van der Waals surface area contributed by atoms with Crippen molar-refractivity contribution in [3.05, 3.63) is 24.5 Å². The molecule has 0 saturated carbocycles. The summed E-state index contributed by atoms with van der Waals surface area (Å²) in [7, 11) is 0. The summed E-state index contributed by atoms with van der Waals surface area (Å²) in [5.41, 5.74) is 0.729. The van der Waals surface area contributed by atoms with E-state index in [2.05, 4.69) is 10.3 Å². The molecule has 0 aliphatic rings. The van der Waals surface area contributed by atoms with Gasteiger partial charge >= 0.3 is 0 Å². The molecule has 0 spiro atoms. The summed E-state index contributed by atoms with van der Waals surface area (Å²) in [6.45, 7) is 0. The Kier molecular flexibility index (Phi) is 2.92. The molecule has 4 heteroatoms. The van der Waals surface area contributed by atoms with Gasteiger partial charge in [-0.3, -0.25) is 9.78 Å². The minimum absolute atomic E-state index is 0.0713. The molecule has 0 unspecified atom stereocenters. The molecule has 1 heterocycles. The Morgan fingerprint density at radius 1 is 1.73 bits per heavy atom. The zero-order chi connectivity index (χ0) is 8.10. The Bertz CT molecular complexity index is 237. The van der Waals surface area contributed by atoms with E-state index in [0.29, 0.717) is 0 Å². The molecule has 0 saturated heterocycles. The standard InChI is InChI=1S/C7H8N2OS/c1-11-7(10)9-6-3-2-4-8-5-6/h2-5H,1H3,(H,9,10). The fraction of sp³-hybridized carbons (Fsp3) is 0.143. The number of thioether (sulfide) groups is 1. The summed E-state index contributed by atoms with van der Waals surface area (Å²) in [5, 5.41) is 2.58. The zero-order valence-corrected chi connectivity index (χ0v) is 6.89. The lowest BCUT2D eigenvalue weighted by atomic mass is 10.4. The Labute approximate surface area is 69.2 Å². The van der Waals surface area contributed by atoms with Crippen LogP contribution in [0.1, 0.15) is 0 Å². The molecule has 58 valence electrons. The van der Waals surface area contributed by atoms with Crippen molar-refractivity contribution in [3.63, 3.8) is 0 Å². The van der Waals surface area contributed by atoms with Crippen molar-refractivity contribution < 1.29 is 4.79 Å². The predicted molar refractivity (Wildman–Crippen MR) is 46.8 cm³/mol. The highest BCUT2D eigenvalue weighted by atomic mass is 32.2. The quantitative estimate of drug-likeness (QED) is 0.697. The average molecular weight is 168 g/mol. The SMILES string of the molecule is CSC(=O)Nc1cccnc1. The van der Waals surface area contributed by atoms with E-state index < -0.39 is 0 Å². The molecule has 11 heavy (non-hydrogen) atoms. The van der Waals surface area contributed by atoms with E-state index >= 15 is 0 Å². The lowest BCUT2D eigenvalue weighted by Crippen LogP contribution is -2.03. The number of nitrogens with one attached hydrogen (secondary N) is 1. The van der Waals surface area contributed by atoms with Gasteiger partial charge in [0.2, 0.25) is 0 Å². The Hall–Kier alpha value is -1.03. The number of aromatic nitrogens is 1. The van der Waals surface area contributed by atoms with Crippen molar-refractivity contribution in [1.29, 1.82) is 0 Å². The first-order valence-electron chi connectivity index (χ1n) is 3.08. The van der Waals surface area contributed by atoms with Crippen molar-refractivity contribution in [3.8, 4) is 0 Å². The lowest BCUT2D eigenvalue weighted by molar-refractivity contribution is 0.270. The summed E-state index contributed by atoms with van der Waals surface area (Å²) < 4.78 is 0. The second-order valence-corrected chi connectivity index (χ2v) is 2.64. The van der Waals surface area contributed by atoms with Gasteiger partial charge in [0.1, 0.15) is 0 Å². The molecule has 1 aromatic heterocycles. The molecule has 0 bridgehead atoms. The third-order valence-corrected chi connectivity index (χ3v) is 1.57. The number of carbonyl (C=O) groups is 1. The van der Waals surface area contributed by atoms with Crippen LogP contribution in [0.2, 0.25) is 0 Å². The van der Waals surface area contributed by atoms with Crippen molar-refractivity contribution in [1.82, 2.24) is 4.98 Å². The van der Waals surface area contributed by atoms with Crippen molar-refractivity contribution in [2.75, 3.05) is 11.6 Å². The van der Waals surface area contributed by atoms with Crippen LogP contribution in [0.15, 0.2) is 24.5 Å². The molecule has 1 amide bonds. The van der Waals surface area contributed by atoms with Gasteiger partial charge in [0, 0.05) is 6.20 Å². The monoisotopic (exact) mass is 168 g/mol. The van der Waals surface area contributed by atoms with Gasteiger partial charge in [-0.1, -0.05) is 11.8 Å². The molecule has 0 atom stereocenters. The molecule has 1 N–H and O–H groups in total. The number of pyridine rings is 1. The van der Waals surface area contributed by atoms with Crippen LogP contribution in [0.25, 0.3) is 0 Å². The highest BCUT2D eigenvalue weighted by Gasteiger charge is 1.96. The summed E-state index contributed by atoms with van der Waals surface area (Å²) in [6, 6.07) is 3.57. The van der Waals surface area contributed by atoms with E-state index in [1.165, 1.54) is 0 Å². The van der Waals surface area contributed by atoms with Gasteiger partial charge < -0.3 is 5.32 Å². The summed E-state index contributed by atoms with van der Waals surface area (Å²) in [6.07, 6.45) is 4.99. The zero-order valence-electron chi connectivity index (χ0n) is 6.07. The van der Waals surface area contributed by atoms with Gasteiger partial charge in [0.25, 0.3) is 5.24 Å². The molecule has 1 rings (SSSR count). The molecular weight excluding hydrogens is 160 g/mol. The van der Waals surface area contributed by atoms with E-state index in [-0.39, 0.29) is 5.24 Å². The highest BCUT2D eigenvalue weighted by molar-refractivity contribution is 8.13. The molecule has 3 nitrogen and oxygen atoms in total. The number of hydrogen-bond acceptors (Lipinski definition) is 3. The Morgan fingerprint density at radius 2 is 2.55 bits per heavy atom. The van der Waals surface area contributed by atoms with Crippen LogP contribution in [0.5, 0.6) is 0 Å². The van der Waals surface area contributed by atoms with Crippen molar-refractivity contribution in [2.45, 2.75) is 0 Å². The molecule has 0 radical (unpaired) electrons. The fourth-order valence-corrected chi connectivity index (χ4v) is 0.825. The van der Waals surface area contributed by atoms with E-state index in [4.69, 9.17) is 0 Å². The van der Waals surface area contributed by atoms with Gasteiger partial charge in [0.05, 0.1) is 11.9 Å². The van der Waals surface area contributed by atoms with Crippen LogP contribution in [-0.4, -0.2) is 16.5 Å². The van der Waals surface area contributed by atoms with E-state index in [9.17, 15) is 4.79 Å². The first kappa shape index (κ1) is 8.07. The highest BCUT2D eigenvalue weighted by Crippen LogP contribution is 2.06. The third-order valence-electron chi connectivity index (χ3n) is 1.09. The Morgan fingerprint density at radius 3 is 3.09 bits per heavy atom. The van der Waals surface area contributed by atoms with Gasteiger partial charge in [0.15, 0.2) is 0 Å². The average Bonchev–Trinajstić information content (AvgIpc) is 2.06. The normalized spacial score (nSPS) is 9.18. The predicted octanol–water partition coefficient (Wildman–Crippen LogP) is 1.98. The number of amides is 1. The molecule has 1 aromatic rings. The molecular formula is C7H8N2OS. The maximum absolute atomic E-state index is 10.8. The van der Waals surface area contributed by atoms with Gasteiger partial charge in [-0.05, 0) is 18.4 Å². The Balaban J connectivity index is 2.58. The second-order valence-electron chi connectivity index (χ2n) is 1.86. The van der Waals surface area contributed by atoms with Gasteiger partial charge in [-0.15, -0.1) is 0 Å². The second kappa shape index (κ2) is 3.98. The van der Waals surface area contributed by atoms with Crippen molar-refractivity contribution in [2.24, 2.45) is 0 Å². The number of carbonyl (C=O) groups excluding carboxylic acids is 1. The van der Waals surface area contributed by atoms with Gasteiger partial charge in [-0.25, -0.2) is 0 Å². The third kappa shape index (κ3) is 2.59. The first-order valence-corrected chi connectivity index (χ1v) is 4.30. The van der Waals surface area contributed by atoms with Gasteiger partial charge in [-0.2, -0.15) is 0 Å². The minimum atomic E-state index is -0.0713. The van der Waals surface area contributed by atoms with E-state index in [1.54, 1.807) is 30.8 Å². The maximum atomic E-state index is 10.8. The maximum Gasteiger partial charge on any atom is 0.283 e. The molecule has 0 aliphatic carbocycles. The molecule has 0 aromatic carbocycles. The van der Waals surface area contributed by atoms with E-state index in [0.717, 1.165) is 17.4 Å². The van der Waals surface area contributed by atoms with Crippen LogP contribution in [0.3, 0.4) is 0 Å². The molecule has 0 aliphatic heterocycles. The van der Waals surface area contributed by atoms with Crippen LogP contribution in [0, 0.1) is 0 Å². The van der Waals surface area contributed by atoms with Crippen LogP contribution in [-0.2, 0) is 0 Å². The fourth-order valence-electron chi connectivity index (χ4n) is 0.606. The van der Waals surface area contributed by atoms with E-state index in [1.807, 2.05) is 0 Å². The summed E-state index contributed by atoms with van der Waals surface area (Å²) in [4.78, 5) is 14.7. The lowest BCUT2D eigenvalue weighted by Gasteiger charge is -1.99. The smallest absolute Gasteiger partial charge is 0.283 e. The first-order chi connectivity index (χ1) is 5.33. The topological polar surface area (TPSA) is 42.0 Å². The summed E-state index contributed by atoms with van der Waals surface area (Å²) in [5.74, 6) is 0. The number of anilines is 1. The van der Waals surface area contributed by atoms with Crippen molar-refractivity contribution >= 4 is 22.7 Å². The summed E-state index contributed by atoms with van der Waals surface area (Å²) >= 11 is 1.14. The number of rotatable bonds is 1. The largest absolute Gasteiger partial charge is 0.315 e. The number of nitrogens with zero attached hydrogens (tertiary/aromatic N) is 1. The number of hydrogen-bond donors (Lipinski definition) is 1. The van der Waals surface area contributed by atoms with Crippen LogP contribution >= 0.6 is 11.8 Å². The minimum Gasteiger partial charge on any atom is -0.315 e. The van der Waals surface area contributed by atoms with Crippen LogP contribution in [0.4, 0.5) is 10.5 Å². The molecule has 0 fully saturated rings.